The molecule has 134 valence electrons. The molecule has 1 rings (SSSR count). The van der Waals surface area contributed by atoms with Crippen molar-refractivity contribution in [2.75, 3.05) is 13.7 Å². The van der Waals surface area contributed by atoms with Crippen molar-refractivity contribution in [1.29, 1.82) is 0 Å². The number of ether oxygens (including phenoxy) is 3. The van der Waals surface area contributed by atoms with Crippen molar-refractivity contribution in [3.05, 3.63) is 0 Å². The van der Waals surface area contributed by atoms with Gasteiger partial charge in [0, 0.05) is 25.9 Å². The highest BCUT2D eigenvalue weighted by Gasteiger charge is 2.17. The van der Waals surface area contributed by atoms with Crippen molar-refractivity contribution in [3.8, 4) is 0 Å². The lowest BCUT2D eigenvalue weighted by Gasteiger charge is -2.21. The van der Waals surface area contributed by atoms with Crippen LogP contribution in [-0.2, 0) is 23.8 Å². The molecule has 5 heteroatoms. The van der Waals surface area contributed by atoms with E-state index < -0.39 is 0 Å². The maximum atomic E-state index is 11.7. The summed E-state index contributed by atoms with van der Waals surface area (Å²) in [5.41, 5.74) is 0. The number of rotatable bonds is 10. The van der Waals surface area contributed by atoms with Gasteiger partial charge in [0.05, 0.1) is 12.7 Å². The Hall–Kier alpha value is -1.10. The first-order valence-electron chi connectivity index (χ1n) is 8.90. The fourth-order valence-corrected chi connectivity index (χ4v) is 2.63. The Balaban J connectivity index is 2.02. The first-order chi connectivity index (χ1) is 11.0. The topological polar surface area (TPSA) is 61.8 Å². The molecule has 0 aliphatic heterocycles. The van der Waals surface area contributed by atoms with Crippen molar-refractivity contribution in [1.82, 2.24) is 0 Å². The molecule has 1 aliphatic rings. The molecule has 1 aliphatic carbocycles. The highest BCUT2D eigenvalue weighted by atomic mass is 16.5. The highest BCUT2D eigenvalue weighted by molar-refractivity contribution is 5.70. The van der Waals surface area contributed by atoms with Gasteiger partial charge in [-0.25, -0.2) is 0 Å². The third-order valence-electron chi connectivity index (χ3n) is 4.54. The van der Waals surface area contributed by atoms with Gasteiger partial charge in [-0.15, -0.1) is 0 Å². The van der Waals surface area contributed by atoms with Crippen LogP contribution in [0.1, 0.15) is 71.6 Å². The number of carbonyl (C=O) groups excluding carboxylic acids is 2. The van der Waals surface area contributed by atoms with Gasteiger partial charge in [-0.1, -0.05) is 13.3 Å². The van der Waals surface area contributed by atoms with Gasteiger partial charge >= 0.3 is 11.9 Å². The average molecular weight is 328 g/mol. The number of carbonyl (C=O) groups is 2. The summed E-state index contributed by atoms with van der Waals surface area (Å²) in [5.74, 6) is -0.164. The minimum atomic E-state index is -0.208. The predicted molar refractivity (Wildman–Crippen MR) is 88.0 cm³/mol. The Morgan fingerprint density at radius 3 is 2.22 bits per heavy atom. The van der Waals surface area contributed by atoms with Crippen LogP contribution >= 0.6 is 0 Å². The molecule has 0 N–H and O–H groups in total. The lowest BCUT2D eigenvalue weighted by Crippen LogP contribution is -2.23. The van der Waals surface area contributed by atoms with Crippen molar-refractivity contribution < 1.29 is 23.8 Å². The van der Waals surface area contributed by atoms with Gasteiger partial charge in [0.25, 0.3) is 0 Å². The van der Waals surface area contributed by atoms with Crippen LogP contribution in [0.4, 0.5) is 0 Å². The molecule has 0 aromatic heterocycles. The molecule has 0 aromatic rings. The van der Waals surface area contributed by atoms with E-state index in [-0.39, 0.29) is 30.1 Å². The van der Waals surface area contributed by atoms with Crippen molar-refractivity contribution in [3.63, 3.8) is 0 Å². The Morgan fingerprint density at radius 2 is 1.61 bits per heavy atom. The quantitative estimate of drug-likeness (QED) is 0.452. The molecule has 1 fully saturated rings. The van der Waals surface area contributed by atoms with Crippen LogP contribution in [0.15, 0.2) is 0 Å². The van der Waals surface area contributed by atoms with Crippen LogP contribution < -0.4 is 0 Å². The third-order valence-corrected chi connectivity index (χ3v) is 4.54. The molecule has 1 saturated carbocycles. The molecule has 2 unspecified atom stereocenters. The van der Waals surface area contributed by atoms with Crippen LogP contribution in [-0.4, -0.2) is 37.9 Å². The van der Waals surface area contributed by atoms with E-state index in [1.54, 1.807) is 7.11 Å². The van der Waals surface area contributed by atoms with Crippen LogP contribution in [0.3, 0.4) is 0 Å². The first kappa shape index (κ1) is 19.9. The van der Waals surface area contributed by atoms with Crippen molar-refractivity contribution in [2.24, 2.45) is 5.92 Å². The summed E-state index contributed by atoms with van der Waals surface area (Å²) < 4.78 is 15.9. The second kappa shape index (κ2) is 11.4. The summed E-state index contributed by atoms with van der Waals surface area (Å²) in [7, 11) is 1.65. The summed E-state index contributed by atoms with van der Waals surface area (Å²) >= 11 is 0. The average Bonchev–Trinajstić information content (AvgIpc) is 2.56. The predicted octanol–water partition coefficient (Wildman–Crippen LogP) is 3.64. The number of esters is 2. The fourth-order valence-electron chi connectivity index (χ4n) is 2.63. The first-order valence-corrected chi connectivity index (χ1v) is 8.90. The van der Waals surface area contributed by atoms with Gasteiger partial charge in [0.2, 0.25) is 0 Å². The number of hydrogen-bond acceptors (Lipinski definition) is 5. The van der Waals surface area contributed by atoms with Crippen molar-refractivity contribution in [2.45, 2.75) is 83.8 Å². The zero-order valence-corrected chi connectivity index (χ0v) is 14.8. The molecule has 0 saturated heterocycles. The Kier molecular flexibility index (Phi) is 9.92. The molecule has 23 heavy (non-hydrogen) atoms. The number of methoxy groups -OCH3 is 1. The number of unbranched alkanes of at least 4 members (excludes halogenated alkanes) is 1. The van der Waals surface area contributed by atoms with E-state index in [1.165, 1.54) is 6.42 Å². The molecular formula is C18H32O5. The summed E-state index contributed by atoms with van der Waals surface area (Å²) in [5, 5.41) is 0. The van der Waals surface area contributed by atoms with Gasteiger partial charge < -0.3 is 14.2 Å². The molecular weight excluding hydrogens is 296 g/mol. The van der Waals surface area contributed by atoms with Gasteiger partial charge in [-0.2, -0.15) is 0 Å². The molecule has 0 spiro atoms. The maximum Gasteiger partial charge on any atom is 0.306 e. The van der Waals surface area contributed by atoms with Crippen LogP contribution in [0.5, 0.6) is 0 Å². The second-order valence-corrected chi connectivity index (χ2v) is 6.56. The Morgan fingerprint density at radius 1 is 1.00 bits per heavy atom. The molecule has 0 bridgehead atoms. The minimum absolute atomic E-state index is 0.0670. The van der Waals surface area contributed by atoms with Gasteiger partial charge in [0.15, 0.2) is 0 Å². The molecule has 0 aromatic carbocycles. The lowest BCUT2D eigenvalue weighted by molar-refractivity contribution is -0.151. The summed E-state index contributed by atoms with van der Waals surface area (Å²) in [6, 6.07) is 0. The molecule has 0 heterocycles. The van der Waals surface area contributed by atoms with E-state index in [4.69, 9.17) is 14.2 Å². The van der Waals surface area contributed by atoms with Gasteiger partial charge in [-0.05, 0) is 45.4 Å². The standard InChI is InChI=1S/C18H32O5/c1-14(15(2)21-3)13-22-17(19)11-7-8-12-18(20)23-16-9-5-4-6-10-16/h14-16H,4-13H2,1-3H3. The maximum absolute atomic E-state index is 11.7. The Bertz CT molecular complexity index is 349. The zero-order valence-electron chi connectivity index (χ0n) is 14.8. The van der Waals surface area contributed by atoms with Crippen LogP contribution in [0, 0.1) is 5.92 Å². The third kappa shape index (κ3) is 8.94. The van der Waals surface area contributed by atoms with Gasteiger partial charge in [0.1, 0.15) is 6.10 Å². The van der Waals surface area contributed by atoms with Crippen LogP contribution in [0.2, 0.25) is 0 Å². The van der Waals surface area contributed by atoms with E-state index in [1.807, 2.05) is 13.8 Å². The highest BCUT2D eigenvalue weighted by Crippen LogP contribution is 2.21. The Labute approximate surface area is 140 Å². The molecule has 5 nitrogen and oxygen atoms in total. The van der Waals surface area contributed by atoms with Crippen molar-refractivity contribution >= 4 is 11.9 Å². The van der Waals surface area contributed by atoms with E-state index in [0.717, 1.165) is 25.7 Å². The summed E-state index contributed by atoms with van der Waals surface area (Å²) in [6.07, 6.45) is 7.81. The molecule has 0 radical (unpaired) electrons. The van der Waals surface area contributed by atoms with E-state index >= 15 is 0 Å². The smallest absolute Gasteiger partial charge is 0.306 e. The second-order valence-electron chi connectivity index (χ2n) is 6.56. The van der Waals surface area contributed by atoms with E-state index in [0.29, 0.717) is 32.3 Å². The normalized spacial score (nSPS) is 18.2. The number of hydrogen-bond donors (Lipinski definition) is 0. The molecule has 2 atom stereocenters. The van der Waals surface area contributed by atoms with Gasteiger partial charge in [-0.3, -0.25) is 9.59 Å². The lowest BCUT2D eigenvalue weighted by atomic mass is 9.98. The SMILES string of the molecule is COC(C)C(C)COC(=O)CCCCC(=O)OC1CCCCC1. The molecule has 0 amide bonds. The zero-order chi connectivity index (χ0) is 17.1. The monoisotopic (exact) mass is 328 g/mol. The summed E-state index contributed by atoms with van der Waals surface area (Å²) in [4.78, 5) is 23.4. The van der Waals surface area contributed by atoms with Crippen LogP contribution in [0.25, 0.3) is 0 Å². The fraction of sp³-hybridized carbons (Fsp3) is 0.889. The van der Waals surface area contributed by atoms with E-state index in [2.05, 4.69) is 0 Å². The summed E-state index contributed by atoms with van der Waals surface area (Å²) in [6.45, 7) is 4.32. The minimum Gasteiger partial charge on any atom is -0.465 e. The van der Waals surface area contributed by atoms with E-state index in [9.17, 15) is 9.59 Å². The largest absolute Gasteiger partial charge is 0.465 e.